The molecule has 2 rings (SSSR count). The van der Waals surface area contributed by atoms with Crippen molar-refractivity contribution in [1.82, 2.24) is 0 Å². The van der Waals surface area contributed by atoms with Gasteiger partial charge >= 0.3 is 0 Å². The molecule has 0 spiro atoms. The minimum Gasteiger partial charge on any atom is -0.497 e. The van der Waals surface area contributed by atoms with E-state index in [1.807, 2.05) is 12.1 Å². The number of hydrogen-bond donors (Lipinski definition) is 1. The molecule has 0 atom stereocenters. The molecule has 2 aromatic rings. The fraction of sp³-hybridized carbons (Fsp3) is 0.143. The van der Waals surface area contributed by atoms with Gasteiger partial charge in [-0.05, 0) is 29.8 Å². The lowest BCUT2D eigenvalue weighted by molar-refractivity contribution is 0.305. The van der Waals surface area contributed by atoms with Gasteiger partial charge in [0.1, 0.15) is 12.4 Å². The van der Waals surface area contributed by atoms with Crippen LogP contribution in [0.3, 0.4) is 0 Å². The molecular formula is C14H13Cl2NO2. The Balaban J connectivity index is 2.16. The third-order valence-electron chi connectivity index (χ3n) is 2.53. The summed E-state index contributed by atoms with van der Waals surface area (Å²) in [5, 5.41) is 0.951. The fourth-order valence-electron chi connectivity index (χ4n) is 1.66. The number of nitrogen functional groups attached to an aromatic ring is 1. The summed E-state index contributed by atoms with van der Waals surface area (Å²) in [4.78, 5) is 0. The Labute approximate surface area is 121 Å². The van der Waals surface area contributed by atoms with Crippen LogP contribution in [0.25, 0.3) is 0 Å². The van der Waals surface area contributed by atoms with Crippen molar-refractivity contribution in [2.45, 2.75) is 6.61 Å². The van der Waals surface area contributed by atoms with Crippen molar-refractivity contribution < 1.29 is 9.47 Å². The number of para-hydroxylation sites is 1. The second kappa shape index (κ2) is 6.04. The summed E-state index contributed by atoms with van der Waals surface area (Å²) in [6.45, 7) is 0.310. The molecule has 0 bridgehead atoms. The third kappa shape index (κ3) is 3.46. The van der Waals surface area contributed by atoms with Gasteiger partial charge in [0, 0.05) is 11.8 Å². The van der Waals surface area contributed by atoms with Crippen molar-refractivity contribution in [3.8, 4) is 11.5 Å². The van der Waals surface area contributed by atoms with Crippen molar-refractivity contribution in [3.05, 3.63) is 52.0 Å². The first-order chi connectivity index (χ1) is 9.10. The lowest BCUT2D eigenvalue weighted by Gasteiger charge is -2.11. The highest BCUT2D eigenvalue weighted by atomic mass is 35.5. The molecule has 0 radical (unpaired) electrons. The number of halogens is 2. The number of nitrogens with two attached hydrogens (primary N) is 1. The number of hydrogen-bond acceptors (Lipinski definition) is 3. The van der Waals surface area contributed by atoms with E-state index < -0.39 is 0 Å². The van der Waals surface area contributed by atoms with Gasteiger partial charge in [0.05, 0.1) is 17.2 Å². The van der Waals surface area contributed by atoms with Crippen molar-refractivity contribution in [2.24, 2.45) is 0 Å². The van der Waals surface area contributed by atoms with Crippen molar-refractivity contribution in [1.29, 1.82) is 0 Å². The molecule has 2 aromatic carbocycles. The van der Waals surface area contributed by atoms with E-state index in [9.17, 15) is 0 Å². The quantitative estimate of drug-likeness (QED) is 0.862. The number of benzene rings is 2. The first-order valence-corrected chi connectivity index (χ1v) is 6.36. The van der Waals surface area contributed by atoms with Crippen LogP contribution in [0.5, 0.6) is 11.5 Å². The standard InChI is InChI=1S/C14H13Cl2NO2/c1-18-11-6-9(5-10(17)7-11)8-19-14-12(15)3-2-4-13(14)16/h2-7H,8,17H2,1H3. The van der Waals surface area contributed by atoms with E-state index >= 15 is 0 Å². The Morgan fingerprint density at radius 2 is 1.79 bits per heavy atom. The minimum absolute atomic E-state index is 0.310. The van der Waals surface area contributed by atoms with Crippen LogP contribution in [0.4, 0.5) is 5.69 Å². The first kappa shape index (κ1) is 13.8. The predicted molar refractivity (Wildman–Crippen MR) is 78.2 cm³/mol. The molecule has 0 saturated carbocycles. The number of methoxy groups -OCH3 is 1. The first-order valence-electron chi connectivity index (χ1n) is 5.60. The maximum absolute atomic E-state index is 6.03. The zero-order chi connectivity index (χ0) is 13.8. The van der Waals surface area contributed by atoms with Gasteiger partial charge in [0.25, 0.3) is 0 Å². The molecule has 100 valence electrons. The third-order valence-corrected chi connectivity index (χ3v) is 3.12. The average molecular weight is 298 g/mol. The van der Waals surface area contributed by atoms with Gasteiger partial charge in [-0.3, -0.25) is 0 Å². The summed E-state index contributed by atoms with van der Waals surface area (Å²) >= 11 is 12.1. The normalized spacial score (nSPS) is 10.3. The smallest absolute Gasteiger partial charge is 0.156 e. The Bertz CT molecular complexity index is 567. The SMILES string of the molecule is COc1cc(N)cc(COc2c(Cl)cccc2Cl)c1. The van der Waals surface area contributed by atoms with E-state index in [4.69, 9.17) is 38.4 Å². The Hall–Kier alpha value is -1.58. The largest absolute Gasteiger partial charge is 0.497 e. The number of ether oxygens (including phenoxy) is 2. The van der Waals surface area contributed by atoms with Crippen LogP contribution in [-0.4, -0.2) is 7.11 Å². The number of anilines is 1. The van der Waals surface area contributed by atoms with E-state index in [-0.39, 0.29) is 0 Å². The molecule has 3 nitrogen and oxygen atoms in total. The van der Waals surface area contributed by atoms with Crippen LogP contribution in [0.2, 0.25) is 10.0 Å². The maximum Gasteiger partial charge on any atom is 0.156 e. The monoisotopic (exact) mass is 297 g/mol. The molecule has 0 aliphatic carbocycles. The van der Waals surface area contributed by atoms with Crippen LogP contribution in [0.15, 0.2) is 36.4 Å². The Morgan fingerprint density at radius 3 is 2.42 bits per heavy atom. The second-order valence-corrected chi connectivity index (χ2v) is 4.77. The maximum atomic E-state index is 6.03. The second-order valence-electron chi connectivity index (χ2n) is 3.95. The van der Waals surface area contributed by atoms with Crippen LogP contribution in [-0.2, 0) is 6.61 Å². The summed E-state index contributed by atoms with van der Waals surface area (Å²) < 4.78 is 10.8. The molecule has 0 saturated heterocycles. The summed E-state index contributed by atoms with van der Waals surface area (Å²) in [5.41, 5.74) is 7.27. The van der Waals surface area contributed by atoms with Crippen molar-refractivity contribution >= 4 is 28.9 Å². The van der Waals surface area contributed by atoms with E-state index in [2.05, 4.69) is 0 Å². The van der Waals surface area contributed by atoms with Gasteiger partial charge in [-0.2, -0.15) is 0 Å². The topological polar surface area (TPSA) is 44.5 Å². The highest BCUT2D eigenvalue weighted by Gasteiger charge is 2.07. The summed E-state index contributed by atoms with van der Waals surface area (Å²) in [6.07, 6.45) is 0. The van der Waals surface area contributed by atoms with Crippen LogP contribution in [0, 0.1) is 0 Å². The zero-order valence-corrected chi connectivity index (χ0v) is 11.8. The highest BCUT2D eigenvalue weighted by molar-refractivity contribution is 6.37. The van der Waals surface area contributed by atoms with Crippen LogP contribution in [0.1, 0.15) is 5.56 Å². The molecule has 0 heterocycles. The predicted octanol–water partition coefficient (Wildman–Crippen LogP) is 4.16. The summed E-state index contributed by atoms with van der Waals surface area (Å²) in [7, 11) is 1.59. The lowest BCUT2D eigenvalue weighted by atomic mass is 10.2. The molecule has 19 heavy (non-hydrogen) atoms. The molecule has 0 aliphatic rings. The van der Waals surface area contributed by atoms with Gasteiger partial charge in [-0.25, -0.2) is 0 Å². The molecule has 0 fully saturated rings. The molecular weight excluding hydrogens is 285 g/mol. The molecule has 0 unspecified atom stereocenters. The molecule has 0 amide bonds. The minimum atomic E-state index is 0.310. The van der Waals surface area contributed by atoms with Crippen LogP contribution >= 0.6 is 23.2 Å². The van der Waals surface area contributed by atoms with Crippen molar-refractivity contribution in [3.63, 3.8) is 0 Å². The van der Waals surface area contributed by atoms with E-state index in [1.165, 1.54) is 0 Å². The van der Waals surface area contributed by atoms with E-state index in [0.29, 0.717) is 33.8 Å². The Kier molecular flexibility index (Phi) is 4.40. The van der Waals surface area contributed by atoms with Gasteiger partial charge < -0.3 is 15.2 Å². The Morgan fingerprint density at radius 1 is 1.11 bits per heavy atom. The molecule has 2 N–H and O–H groups in total. The molecule has 0 aliphatic heterocycles. The van der Waals surface area contributed by atoms with E-state index in [0.717, 1.165) is 5.56 Å². The summed E-state index contributed by atoms with van der Waals surface area (Å²) in [6, 6.07) is 10.6. The van der Waals surface area contributed by atoms with Gasteiger partial charge in [0.15, 0.2) is 5.75 Å². The van der Waals surface area contributed by atoms with Gasteiger partial charge in [-0.1, -0.05) is 29.3 Å². The molecule has 5 heteroatoms. The highest BCUT2D eigenvalue weighted by Crippen LogP contribution is 2.33. The van der Waals surface area contributed by atoms with Gasteiger partial charge in [0.2, 0.25) is 0 Å². The zero-order valence-electron chi connectivity index (χ0n) is 10.3. The van der Waals surface area contributed by atoms with Gasteiger partial charge in [-0.15, -0.1) is 0 Å². The van der Waals surface area contributed by atoms with Crippen molar-refractivity contribution in [2.75, 3.05) is 12.8 Å². The fourth-order valence-corrected chi connectivity index (χ4v) is 2.17. The van der Waals surface area contributed by atoms with E-state index in [1.54, 1.807) is 31.4 Å². The average Bonchev–Trinajstić information content (AvgIpc) is 2.37. The lowest BCUT2D eigenvalue weighted by Crippen LogP contribution is -1.99. The summed E-state index contributed by atoms with van der Waals surface area (Å²) in [5.74, 6) is 1.15. The van der Waals surface area contributed by atoms with Crippen LogP contribution < -0.4 is 15.2 Å². The number of rotatable bonds is 4. The molecule has 0 aromatic heterocycles.